The summed E-state index contributed by atoms with van der Waals surface area (Å²) in [7, 11) is -3.07. The highest BCUT2D eigenvalue weighted by atomic mass is 32.2. The molecule has 4 rings (SSSR count). The quantitative estimate of drug-likeness (QED) is 0.248. The lowest BCUT2D eigenvalue weighted by atomic mass is 10.1. The van der Waals surface area contributed by atoms with Gasteiger partial charge in [0.15, 0.2) is 5.76 Å². The Balaban J connectivity index is 1.51. The van der Waals surface area contributed by atoms with Gasteiger partial charge in [-0.2, -0.15) is 0 Å². The number of carbonyl (C=O) groups excluding carboxylic acids is 2. The number of hydrogen-bond acceptors (Lipinski definition) is 6. The minimum atomic E-state index is -3.07. The van der Waals surface area contributed by atoms with Crippen molar-refractivity contribution in [1.82, 2.24) is 9.71 Å². The number of furan rings is 1. The van der Waals surface area contributed by atoms with Crippen LogP contribution in [0.1, 0.15) is 44.0 Å². The van der Waals surface area contributed by atoms with E-state index in [0.717, 1.165) is 5.56 Å². The van der Waals surface area contributed by atoms with Crippen molar-refractivity contribution in [3.8, 4) is 11.8 Å². The maximum absolute atomic E-state index is 13.5. The third-order valence-corrected chi connectivity index (χ3v) is 7.53. The number of benzene rings is 2. The van der Waals surface area contributed by atoms with Gasteiger partial charge in [0.25, 0.3) is 11.8 Å². The van der Waals surface area contributed by atoms with Crippen LogP contribution < -0.4 is 10.0 Å². The fourth-order valence-electron chi connectivity index (χ4n) is 3.48. The zero-order chi connectivity index (χ0) is 27.0. The first-order valence-corrected chi connectivity index (χ1v) is 13.3. The van der Waals surface area contributed by atoms with Crippen molar-refractivity contribution in [3.05, 3.63) is 113 Å². The van der Waals surface area contributed by atoms with Gasteiger partial charge in [0, 0.05) is 46.3 Å². The Bertz CT molecular complexity index is 1640. The van der Waals surface area contributed by atoms with Gasteiger partial charge in [0.1, 0.15) is 0 Å². The van der Waals surface area contributed by atoms with Gasteiger partial charge in [-0.3, -0.25) is 19.3 Å². The predicted molar refractivity (Wildman–Crippen MR) is 146 cm³/mol. The second-order valence-electron chi connectivity index (χ2n) is 8.20. The zero-order valence-corrected chi connectivity index (χ0v) is 21.3. The van der Waals surface area contributed by atoms with E-state index in [0.29, 0.717) is 21.7 Å². The molecule has 0 spiro atoms. The zero-order valence-electron chi connectivity index (χ0n) is 20.5. The topological polar surface area (TPSA) is 122 Å². The van der Waals surface area contributed by atoms with Crippen molar-refractivity contribution in [3.63, 3.8) is 0 Å². The third kappa shape index (κ3) is 6.56. The summed E-state index contributed by atoms with van der Waals surface area (Å²) in [4.78, 5) is 29.9. The lowest BCUT2D eigenvalue weighted by Crippen LogP contribution is -2.32. The average Bonchev–Trinajstić information content (AvgIpc) is 3.37. The second-order valence-corrected chi connectivity index (χ2v) is 10.4. The van der Waals surface area contributed by atoms with Crippen LogP contribution >= 0.6 is 0 Å². The van der Waals surface area contributed by atoms with Gasteiger partial charge in [-0.1, -0.05) is 36.1 Å². The molecule has 0 fully saturated rings. The smallest absolute Gasteiger partial charge is 0.291 e. The molecule has 9 heteroatoms. The molecule has 1 atom stereocenters. The number of aryl methyl sites for hydroxylation is 1. The Morgan fingerprint density at radius 3 is 2.53 bits per heavy atom. The van der Waals surface area contributed by atoms with Gasteiger partial charge in [0.05, 0.1) is 21.5 Å². The van der Waals surface area contributed by atoms with Crippen LogP contribution in [0.5, 0.6) is 0 Å². The Hall–Kier alpha value is -4.65. The first-order chi connectivity index (χ1) is 18.4. The molecule has 4 aromatic rings. The Morgan fingerprint density at radius 2 is 1.79 bits per heavy atom. The normalized spacial score (nSPS) is 11.9. The van der Waals surface area contributed by atoms with E-state index >= 15 is 0 Å². The van der Waals surface area contributed by atoms with E-state index in [1.807, 2.05) is 0 Å². The van der Waals surface area contributed by atoms with Crippen LogP contribution in [0.25, 0.3) is 0 Å². The number of nitrogens with one attached hydrogen (secondary N) is 2. The molecule has 0 radical (unpaired) electrons. The standard InChI is InChI=1S/C29H25N3O5S/c1-21-13-15-37-27(21)29(35)31-25-8-5-7-22(18-25)11-12-23-17-24(20-30-19-23)28(34)32-38(36,16-6-14-33)26-9-3-2-4-10-26/h2-5,7-10,13,15-20,33H,6,14H2,1H3,(H,31,35)(H,32,34,36). The van der Waals surface area contributed by atoms with Crippen LogP contribution in [-0.4, -0.2) is 38.1 Å². The van der Waals surface area contributed by atoms with Gasteiger partial charge < -0.3 is 14.8 Å². The molecule has 0 aliphatic rings. The van der Waals surface area contributed by atoms with E-state index in [9.17, 15) is 18.9 Å². The Labute approximate surface area is 220 Å². The number of aromatic nitrogens is 1. The number of aliphatic hydroxyl groups is 1. The number of rotatable bonds is 7. The molecule has 8 nitrogen and oxygen atoms in total. The van der Waals surface area contributed by atoms with Crippen LogP contribution in [0, 0.1) is 18.8 Å². The van der Waals surface area contributed by atoms with E-state index in [4.69, 9.17) is 4.42 Å². The minimum Gasteiger partial charge on any atom is -0.459 e. The van der Waals surface area contributed by atoms with E-state index in [-0.39, 0.29) is 30.3 Å². The lowest BCUT2D eigenvalue weighted by molar-refractivity contribution is 0.0978. The fourth-order valence-corrected chi connectivity index (χ4v) is 5.27. The maximum atomic E-state index is 13.5. The highest BCUT2D eigenvalue weighted by Gasteiger charge is 2.16. The average molecular weight is 528 g/mol. The molecule has 0 aliphatic carbocycles. The van der Waals surface area contributed by atoms with Gasteiger partial charge in [-0.25, -0.2) is 4.21 Å². The predicted octanol–water partition coefficient (Wildman–Crippen LogP) is 3.81. The SMILES string of the molecule is Cc1ccoc1C(=O)Nc1cccc(C#Cc2cncc(C(=O)NS(=O)(=CCCO)c3ccccc3)c2)c1. The molecule has 192 valence electrons. The van der Waals surface area contributed by atoms with Gasteiger partial charge in [-0.05, 0) is 61.2 Å². The number of pyridine rings is 1. The third-order valence-electron chi connectivity index (χ3n) is 5.36. The van der Waals surface area contributed by atoms with Crippen LogP contribution in [-0.2, 0) is 9.71 Å². The molecule has 2 amide bonds. The van der Waals surface area contributed by atoms with Crippen molar-refractivity contribution >= 4 is 32.6 Å². The van der Waals surface area contributed by atoms with Crippen LogP contribution in [0.15, 0.2) is 94.7 Å². The summed E-state index contributed by atoms with van der Waals surface area (Å²) in [5.74, 6) is 5.27. The molecule has 3 N–H and O–H groups in total. The van der Waals surface area contributed by atoms with E-state index in [2.05, 4.69) is 26.9 Å². The van der Waals surface area contributed by atoms with Gasteiger partial charge >= 0.3 is 0 Å². The summed E-state index contributed by atoms with van der Waals surface area (Å²) in [5.41, 5.74) is 2.59. The first kappa shape index (κ1) is 26.4. The second kappa shape index (κ2) is 12.1. The van der Waals surface area contributed by atoms with Crippen molar-refractivity contribution in [2.24, 2.45) is 0 Å². The molecule has 1 unspecified atom stereocenters. The molecule has 2 heterocycles. The van der Waals surface area contributed by atoms with Crippen LogP contribution in [0.3, 0.4) is 0 Å². The van der Waals surface area contributed by atoms with Crippen molar-refractivity contribution in [2.45, 2.75) is 18.2 Å². The van der Waals surface area contributed by atoms with Crippen LogP contribution in [0.4, 0.5) is 5.69 Å². The van der Waals surface area contributed by atoms with E-state index < -0.39 is 15.6 Å². The minimum absolute atomic E-state index is 0.151. The summed E-state index contributed by atoms with van der Waals surface area (Å²) < 4.78 is 21.4. The molecule has 0 bridgehead atoms. The maximum Gasteiger partial charge on any atom is 0.291 e. The lowest BCUT2D eigenvalue weighted by Gasteiger charge is -2.13. The monoisotopic (exact) mass is 527 g/mol. The largest absolute Gasteiger partial charge is 0.459 e. The molecule has 0 saturated carbocycles. The molecule has 38 heavy (non-hydrogen) atoms. The summed E-state index contributed by atoms with van der Waals surface area (Å²) in [6.07, 6.45) is 4.49. The molecule has 0 saturated heterocycles. The number of amides is 2. The molecule has 0 aliphatic heterocycles. The van der Waals surface area contributed by atoms with E-state index in [1.165, 1.54) is 24.0 Å². The van der Waals surface area contributed by atoms with Crippen molar-refractivity contribution in [1.29, 1.82) is 0 Å². The molecule has 2 aromatic heterocycles. The first-order valence-electron chi connectivity index (χ1n) is 11.7. The summed E-state index contributed by atoms with van der Waals surface area (Å²) >= 11 is 0. The highest BCUT2D eigenvalue weighted by Crippen LogP contribution is 2.15. The molecular weight excluding hydrogens is 502 g/mol. The Kier molecular flexibility index (Phi) is 8.38. The van der Waals surface area contributed by atoms with Crippen molar-refractivity contribution in [2.75, 3.05) is 11.9 Å². The van der Waals surface area contributed by atoms with Gasteiger partial charge in [-0.15, -0.1) is 0 Å². The number of carbonyl (C=O) groups is 2. The summed E-state index contributed by atoms with van der Waals surface area (Å²) in [6.45, 7) is 1.59. The summed E-state index contributed by atoms with van der Waals surface area (Å²) in [6, 6.07) is 18.8. The highest BCUT2D eigenvalue weighted by molar-refractivity contribution is 8.00. The molecule has 2 aromatic carbocycles. The van der Waals surface area contributed by atoms with Crippen LogP contribution in [0.2, 0.25) is 0 Å². The Morgan fingerprint density at radius 1 is 1.00 bits per heavy atom. The number of nitrogens with zero attached hydrogens (tertiary/aromatic N) is 1. The number of anilines is 1. The van der Waals surface area contributed by atoms with E-state index in [1.54, 1.807) is 73.7 Å². The number of hydrogen-bond donors (Lipinski definition) is 3. The summed E-state index contributed by atoms with van der Waals surface area (Å²) in [5, 5.41) is 13.4. The molecular formula is C29H25N3O5S. The van der Waals surface area contributed by atoms with Gasteiger partial charge in [0.2, 0.25) is 0 Å². The van der Waals surface area contributed by atoms with Crippen molar-refractivity contribution < 1.29 is 23.3 Å². The number of aliphatic hydroxyl groups excluding tert-OH is 1. The fraction of sp³-hybridized carbons (Fsp3) is 0.103.